The summed E-state index contributed by atoms with van der Waals surface area (Å²) in [6, 6.07) is 7.33. The van der Waals surface area contributed by atoms with Gasteiger partial charge in [0, 0.05) is 54.6 Å². The van der Waals surface area contributed by atoms with Gasteiger partial charge in [0.1, 0.15) is 5.82 Å². The van der Waals surface area contributed by atoms with Gasteiger partial charge in [-0.3, -0.25) is 9.52 Å². The average Bonchev–Trinajstić information content (AvgIpc) is 3.59. The molecule has 0 unspecified atom stereocenters. The highest BCUT2D eigenvalue weighted by Crippen LogP contribution is 2.35. The highest BCUT2D eigenvalue weighted by Gasteiger charge is 2.39. The minimum Gasteiger partial charge on any atom is -0.350 e. The number of rotatable bonds is 5. The molecule has 3 atom stereocenters. The van der Waals surface area contributed by atoms with Gasteiger partial charge in [-0.15, -0.1) is 0 Å². The van der Waals surface area contributed by atoms with Crippen molar-refractivity contribution in [3.8, 4) is 0 Å². The maximum atomic E-state index is 13.8. The Kier molecular flexibility index (Phi) is 6.04. The number of amides is 1. The number of sulfonamides is 1. The van der Waals surface area contributed by atoms with Crippen LogP contribution in [0, 0.1) is 6.92 Å². The summed E-state index contributed by atoms with van der Waals surface area (Å²) in [5.74, 6) is 0.723. The van der Waals surface area contributed by atoms with Crippen LogP contribution in [0.15, 0.2) is 30.5 Å². The van der Waals surface area contributed by atoms with Crippen molar-refractivity contribution in [3.63, 3.8) is 0 Å². The highest BCUT2D eigenvalue weighted by molar-refractivity contribution is 7.92. The number of nitrogens with one attached hydrogen (secondary N) is 2. The van der Waals surface area contributed by atoms with Gasteiger partial charge < -0.3 is 15.1 Å². The van der Waals surface area contributed by atoms with Crippen molar-refractivity contribution in [2.75, 3.05) is 35.5 Å². The van der Waals surface area contributed by atoms with Gasteiger partial charge in [-0.25, -0.2) is 17.9 Å². The van der Waals surface area contributed by atoms with Crippen molar-refractivity contribution in [2.45, 2.75) is 50.7 Å². The number of halogens is 1. The standard InChI is InChI=1S/C25H30ClN7O3S/c1-15-13-33-23(28-24(15)32-14-17-10-18(32)12-27-17)11-21(29-33)22-5-3-4-8-31(22)25(34)19-9-16(26)6-7-20(19)30-37(2,35)36/h6-7,9,11,13,17-18,22,27,30H,3-5,8,10,12,14H2,1-2H3/t17-,18-,22-/m0/s1. The van der Waals surface area contributed by atoms with Crippen LogP contribution < -0.4 is 14.9 Å². The molecule has 2 bridgehead atoms. The number of aromatic nitrogens is 3. The zero-order valence-electron chi connectivity index (χ0n) is 20.8. The molecule has 2 aromatic heterocycles. The molecule has 3 aromatic rings. The van der Waals surface area contributed by atoms with Crippen LogP contribution in [0.1, 0.15) is 53.3 Å². The molecule has 1 aromatic carbocycles. The molecule has 0 aliphatic carbocycles. The molecule has 3 fully saturated rings. The van der Waals surface area contributed by atoms with Gasteiger partial charge in [0.2, 0.25) is 10.0 Å². The van der Waals surface area contributed by atoms with Crippen molar-refractivity contribution in [2.24, 2.45) is 0 Å². The van der Waals surface area contributed by atoms with Gasteiger partial charge in [0.25, 0.3) is 5.91 Å². The molecular formula is C25H30ClN7O3S. The van der Waals surface area contributed by atoms with Gasteiger partial charge in [0.15, 0.2) is 5.65 Å². The SMILES string of the molecule is Cc1cn2nc([C@@H]3CCCCN3C(=O)c3cc(Cl)ccc3NS(C)(=O)=O)cc2nc1N1C[C@@H]2C[C@H]1CN2. The summed E-state index contributed by atoms with van der Waals surface area (Å²) in [7, 11) is -3.57. The second-order valence-electron chi connectivity index (χ2n) is 10.3. The Morgan fingerprint density at radius 1 is 1.24 bits per heavy atom. The van der Waals surface area contributed by atoms with E-state index in [1.54, 1.807) is 15.5 Å². The fourth-order valence-electron chi connectivity index (χ4n) is 5.91. The van der Waals surface area contributed by atoms with Crippen LogP contribution in [-0.4, -0.2) is 71.8 Å². The molecule has 3 aliphatic rings. The number of hydrogen-bond acceptors (Lipinski definition) is 7. The largest absolute Gasteiger partial charge is 0.350 e. The van der Waals surface area contributed by atoms with Crippen LogP contribution >= 0.6 is 11.6 Å². The van der Waals surface area contributed by atoms with Crippen molar-refractivity contribution in [1.82, 2.24) is 24.8 Å². The van der Waals surface area contributed by atoms with E-state index >= 15 is 0 Å². The highest BCUT2D eigenvalue weighted by atomic mass is 35.5. The number of hydrogen-bond donors (Lipinski definition) is 2. The van der Waals surface area contributed by atoms with Crippen LogP contribution in [0.4, 0.5) is 11.5 Å². The van der Waals surface area contributed by atoms with Crippen LogP contribution in [0.2, 0.25) is 5.02 Å². The van der Waals surface area contributed by atoms with E-state index in [1.165, 1.54) is 12.1 Å². The number of carbonyl (C=O) groups excluding carboxylic acids is 1. The quantitative estimate of drug-likeness (QED) is 0.509. The lowest BCUT2D eigenvalue weighted by atomic mass is 9.98. The Labute approximate surface area is 221 Å². The summed E-state index contributed by atoms with van der Waals surface area (Å²) in [6.45, 7) is 4.56. The summed E-state index contributed by atoms with van der Waals surface area (Å²) in [4.78, 5) is 22.9. The Morgan fingerprint density at radius 3 is 2.81 bits per heavy atom. The number of aryl methyl sites for hydroxylation is 1. The van der Waals surface area contributed by atoms with Gasteiger partial charge in [0.05, 0.1) is 29.2 Å². The number of fused-ring (bicyclic) bond motifs is 3. The Hall–Kier alpha value is -2.89. The normalized spacial score (nSPS) is 23.7. The molecule has 3 saturated heterocycles. The lowest BCUT2D eigenvalue weighted by molar-refractivity contribution is 0.0607. The number of benzene rings is 1. The summed E-state index contributed by atoms with van der Waals surface area (Å²) in [6.07, 6.45) is 6.81. The van der Waals surface area contributed by atoms with Gasteiger partial charge in [-0.2, -0.15) is 5.10 Å². The third kappa shape index (κ3) is 4.64. The fraction of sp³-hybridized carbons (Fsp3) is 0.480. The van der Waals surface area contributed by atoms with Crippen LogP contribution in [-0.2, 0) is 10.0 Å². The maximum absolute atomic E-state index is 13.8. The molecule has 10 nitrogen and oxygen atoms in total. The first-order valence-corrected chi connectivity index (χ1v) is 14.9. The molecule has 12 heteroatoms. The van der Waals surface area contributed by atoms with Gasteiger partial charge in [-0.1, -0.05) is 11.6 Å². The fourth-order valence-corrected chi connectivity index (χ4v) is 6.66. The molecule has 5 heterocycles. The van der Waals surface area contributed by atoms with Crippen LogP contribution in [0.25, 0.3) is 5.65 Å². The third-order valence-electron chi connectivity index (χ3n) is 7.57. The van der Waals surface area contributed by atoms with Crippen LogP contribution in [0.3, 0.4) is 0 Å². The molecule has 37 heavy (non-hydrogen) atoms. The van der Waals surface area contributed by atoms with E-state index in [4.69, 9.17) is 21.7 Å². The number of piperazine rings is 1. The molecule has 0 radical (unpaired) electrons. The van der Waals surface area contributed by atoms with E-state index in [1.807, 2.05) is 12.3 Å². The van der Waals surface area contributed by atoms with Crippen molar-refractivity contribution >= 4 is 44.7 Å². The van der Waals surface area contributed by atoms with E-state index in [-0.39, 0.29) is 23.2 Å². The predicted octanol–water partition coefficient (Wildman–Crippen LogP) is 2.98. The van der Waals surface area contributed by atoms with E-state index in [2.05, 4.69) is 21.9 Å². The first-order valence-electron chi connectivity index (χ1n) is 12.6. The zero-order chi connectivity index (χ0) is 25.9. The summed E-state index contributed by atoms with van der Waals surface area (Å²) in [5.41, 5.74) is 3.05. The third-order valence-corrected chi connectivity index (χ3v) is 8.39. The molecule has 6 rings (SSSR count). The smallest absolute Gasteiger partial charge is 0.256 e. The summed E-state index contributed by atoms with van der Waals surface area (Å²) >= 11 is 6.20. The van der Waals surface area contributed by atoms with E-state index in [9.17, 15) is 13.2 Å². The lowest BCUT2D eigenvalue weighted by Crippen LogP contribution is -2.44. The second kappa shape index (κ2) is 9.14. The maximum Gasteiger partial charge on any atom is 0.256 e. The Bertz CT molecular complexity index is 1490. The number of carbonyl (C=O) groups is 1. The predicted molar refractivity (Wildman–Crippen MR) is 143 cm³/mol. The van der Waals surface area contributed by atoms with Crippen LogP contribution in [0.5, 0.6) is 0 Å². The molecular weight excluding hydrogens is 514 g/mol. The second-order valence-corrected chi connectivity index (χ2v) is 12.5. The Balaban J connectivity index is 1.33. The molecule has 2 N–H and O–H groups in total. The first-order chi connectivity index (χ1) is 17.7. The van der Waals surface area contributed by atoms with Gasteiger partial charge in [-0.05, 0) is 50.8 Å². The summed E-state index contributed by atoms with van der Waals surface area (Å²) < 4.78 is 28.1. The first kappa shape index (κ1) is 24.4. The van der Waals surface area contributed by atoms with Crippen molar-refractivity contribution in [1.29, 1.82) is 0 Å². The van der Waals surface area contributed by atoms with Crippen molar-refractivity contribution < 1.29 is 13.2 Å². The summed E-state index contributed by atoms with van der Waals surface area (Å²) in [5, 5.41) is 8.73. The number of nitrogens with zero attached hydrogens (tertiary/aromatic N) is 5. The molecule has 0 spiro atoms. The van der Waals surface area contributed by atoms with Gasteiger partial charge >= 0.3 is 0 Å². The zero-order valence-corrected chi connectivity index (χ0v) is 22.4. The van der Waals surface area contributed by atoms with E-state index in [0.29, 0.717) is 23.7 Å². The van der Waals surface area contributed by atoms with E-state index in [0.717, 1.165) is 67.8 Å². The Morgan fingerprint density at radius 2 is 2.08 bits per heavy atom. The number of likely N-dealkylation sites (tertiary alicyclic amines) is 1. The molecule has 3 aliphatic heterocycles. The molecule has 0 saturated carbocycles. The minimum absolute atomic E-state index is 0.215. The monoisotopic (exact) mass is 543 g/mol. The number of anilines is 2. The lowest BCUT2D eigenvalue weighted by Gasteiger charge is -2.35. The van der Waals surface area contributed by atoms with Crippen molar-refractivity contribution in [3.05, 3.63) is 52.3 Å². The minimum atomic E-state index is -3.57. The molecule has 196 valence electrons. The van der Waals surface area contributed by atoms with E-state index < -0.39 is 10.0 Å². The average molecular weight is 544 g/mol. The topological polar surface area (TPSA) is 112 Å². The molecule has 1 amide bonds. The number of piperidine rings is 1.